The molecule has 0 saturated heterocycles. The van der Waals surface area contributed by atoms with Gasteiger partial charge < -0.3 is 11.1 Å². The van der Waals surface area contributed by atoms with Crippen LogP contribution in [0.1, 0.15) is 10.5 Å². The largest absolute Gasteiger partial charge is 0.398 e. The Bertz CT molecular complexity index is 643. The highest BCUT2D eigenvalue weighted by Crippen LogP contribution is 2.19. The van der Waals surface area contributed by atoms with Crippen LogP contribution in [0.2, 0.25) is 0 Å². The molecule has 0 spiro atoms. The highest BCUT2D eigenvalue weighted by molar-refractivity contribution is 7.84. The molecule has 0 aliphatic rings. The van der Waals surface area contributed by atoms with E-state index in [9.17, 15) is 9.00 Å². The third-order valence-electron chi connectivity index (χ3n) is 2.66. The number of anilines is 1. The number of benzene rings is 1. The van der Waals surface area contributed by atoms with E-state index in [2.05, 4.69) is 10.3 Å². The summed E-state index contributed by atoms with van der Waals surface area (Å²) >= 11 is 0. The number of hydrogen-bond acceptors (Lipinski definition) is 4. The topological polar surface area (TPSA) is 85.1 Å². The second-order valence-corrected chi connectivity index (χ2v) is 5.70. The van der Waals surface area contributed by atoms with E-state index in [4.69, 9.17) is 5.73 Å². The number of hydrogen-bond donors (Lipinski definition) is 2. The summed E-state index contributed by atoms with van der Waals surface area (Å²) in [5, 5.41) is 3.50. The lowest BCUT2D eigenvalue weighted by atomic mass is 10.1. The van der Waals surface area contributed by atoms with Crippen molar-refractivity contribution in [2.24, 2.45) is 0 Å². The molecular weight excluding hydrogens is 262 g/mol. The van der Waals surface area contributed by atoms with E-state index in [0.717, 1.165) is 5.39 Å². The van der Waals surface area contributed by atoms with Crippen molar-refractivity contribution in [2.75, 3.05) is 24.3 Å². The van der Waals surface area contributed by atoms with Crippen molar-refractivity contribution >= 4 is 33.3 Å². The Morgan fingerprint density at radius 2 is 2.16 bits per heavy atom. The van der Waals surface area contributed by atoms with E-state index in [0.29, 0.717) is 23.5 Å². The van der Waals surface area contributed by atoms with Gasteiger partial charge in [-0.05, 0) is 12.1 Å². The number of para-hydroxylation sites is 1. The number of fused-ring (bicyclic) bond motifs is 1. The first-order valence-electron chi connectivity index (χ1n) is 5.81. The molecule has 0 bridgehead atoms. The number of nitrogens with one attached hydrogen (secondary N) is 1. The van der Waals surface area contributed by atoms with Crippen molar-refractivity contribution in [3.05, 3.63) is 36.0 Å². The Morgan fingerprint density at radius 1 is 1.42 bits per heavy atom. The minimum atomic E-state index is -0.925. The van der Waals surface area contributed by atoms with Crippen molar-refractivity contribution in [2.45, 2.75) is 0 Å². The Balaban J connectivity index is 2.20. The van der Waals surface area contributed by atoms with E-state index < -0.39 is 10.8 Å². The van der Waals surface area contributed by atoms with Gasteiger partial charge in [-0.3, -0.25) is 9.00 Å². The molecule has 0 aliphatic carbocycles. The summed E-state index contributed by atoms with van der Waals surface area (Å²) in [5.74, 6) is 0.123. The number of carbonyl (C=O) groups excluding carboxylic acids is 1. The van der Waals surface area contributed by atoms with Crippen LogP contribution in [-0.4, -0.2) is 33.7 Å². The summed E-state index contributed by atoms with van der Waals surface area (Å²) < 4.78 is 10.9. The van der Waals surface area contributed by atoms with Gasteiger partial charge in [0, 0.05) is 40.4 Å². The molecule has 1 aromatic carbocycles. The summed E-state index contributed by atoms with van der Waals surface area (Å²) in [7, 11) is -0.925. The van der Waals surface area contributed by atoms with Crippen molar-refractivity contribution in [1.82, 2.24) is 10.3 Å². The van der Waals surface area contributed by atoms with Crippen LogP contribution in [0.3, 0.4) is 0 Å². The average molecular weight is 277 g/mol. The van der Waals surface area contributed by atoms with E-state index in [1.807, 2.05) is 24.3 Å². The van der Waals surface area contributed by atoms with Gasteiger partial charge in [0.15, 0.2) is 0 Å². The molecule has 19 heavy (non-hydrogen) atoms. The number of nitrogens with two attached hydrogens (primary N) is 1. The third kappa shape index (κ3) is 3.29. The lowest BCUT2D eigenvalue weighted by Crippen LogP contribution is -2.28. The van der Waals surface area contributed by atoms with E-state index in [1.165, 1.54) is 0 Å². The molecule has 1 amide bonds. The van der Waals surface area contributed by atoms with Gasteiger partial charge in [-0.1, -0.05) is 18.2 Å². The van der Waals surface area contributed by atoms with Crippen molar-refractivity contribution < 1.29 is 9.00 Å². The first-order valence-corrected chi connectivity index (χ1v) is 7.54. The molecule has 3 N–H and O–H groups in total. The number of nitrogen functional groups attached to an aromatic ring is 1. The molecule has 1 heterocycles. The SMILES string of the molecule is CS(=O)CCNC(=O)c1cc(N)c2ccccc2n1. The maximum Gasteiger partial charge on any atom is 0.270 e. The second-order valence-electron chi connectivity index (χ2n) is 4.15. The van der Waals surface area contributed by atoms with E-state index >= 15 is 0 Å². The zero-order valence-electron chi connectivity index (χ0n) is 10.6. The Hall–Kier alpha value is -1.95. The lowest BCUT2D eigenvalue weighted by molar-refractivity contribution is 0.0951. The smallest absolute Gasteiger partial charge is 0.270 e. The molecule has 6 heteroatoms. The summed E-state index contributed by atoms with van der Waals surface area (Å²) in [4.78, 5) is 16.2. The molecule has 100 valence electrons. The lowest BCUT2D eigenvalue weighted by Gasteiger charge is -2.07. The number of pyridine rings is 1. The average Bonchev–Trinajstić information content (AvgIpc) is 2.38. The highest BCUT2D eigenvalue weighted by Gasteiger charge is 2.10. The molecule has 1 atom stereocenters. The van der Waals surface area contributed by atoms with Gasteiger partial charge in [0.1, 0.15) is 5.69 Å². The second kappa shape index (κ2) is 5.79. The quantitative estimate of drug-likeness (QED) is 0.870. The van der Waals surface area contributed by atoms with Crippen molar-refractivity contribution in [1.29, 1.82) is 0 Å². The third-order valence-corrected chi connectivity index (χ3v) is 3.43. The number of aromatic nitrogens is 1. The molecular formula is C13H15N3O2S. The maximum absolute atomic E-state index is 11.9. The Kier molecular flexibility index (Phi) is 4.11. The molecule has 2 aromatic rings. The fourth-order valence-corrected chi connectivity index (χ4v) is 2.11. The van der Waals surface area contributed by atoms with Crippen LogP contribution < -0.4 is 11.1 Å². The predicted octanol–water partition coefficient (Wildman–Crippen LogP) is 0.925. The zero-order valence-corrected chi connectivity index (χ0v) is 11.4. The molecule has 0 fully saturated rings. The number of carbonyl (C=O) groups is 1. The van der Waals surface area contributed by atoms with E-state index in [1.54, 1.807) is 12.3 Å². The van der Waals surface area contributed by atoms with Gasteiger partial charge in [0.2, 0.25) is 0 Å². The van der Waals surface area contributed by atoms with Crippen LogP contribution in [0.5, 0.6) is 0 Å². The summed E-state index contributed by atoms with van der Waals surface area (Å²) in [5.41, 5.74) is 7.39. The van der Waals surface area contributed by atoms with Gasteiger partial charge in [-0.15, -0.1) is 0 Å². The van der Waals surface area contributed by atoms with Gasteiger partial charge in [0.25, 0.3) is 5.91 Å². The van der Waals surface area contributed by atoms with Crippen LogP contribution in [-0.2, 0) is 10.8 Å². The number of rotatable bonds is 4. The van der Waals surface area contributed by atoms with Gasteiger partial charge in [-0.25, -0.2) is 4.98 Å². The minimum absolute atomic E-state index is 0.276. The van der Waals surface area contributed by atoms with Crippen LogP contribution in [0.4, 0.5) is 5.69 Å². The summed E-state index contributed by atoms with van der Waals surface area (Å²) in [6, 6.07) is 8.94. The number of nitrogens with zero attached hydrogens (tertiary/aromatic N) is 1. The van der Waals surface area contributed by atoms with Crippen molar-refractivity contribution in [3.63, 3.8) is 0 Å². The zero-order chi connectivity index (χ0) is 13.8. The monoisotopic (exact) mass is 277 g/mol. The molecule has 0 saturated carbocycles. The normalized spacial score (nSPS) is 12.3. The molecule has 2 rings (SSSR count). The summed E-state index contributed by atoms with van der Waals surface area (Å²) in [6.07, 6.45) is 1.60. The fraction of sp³-hybridized carbons (Fsp3) is 0.231. The number of amides is 1. The molecule has 5 nitrogen and oxygen atoms in total. The molecule has 1 aromatic heterocycles. The van der Waals surface area contributed by atoms with Crippen LogP contribution >= 0.6 is 0 Å². The Morgan fingerprint density at radius 3 is 2.89 bits per heavy atom. The summed E-state index contributed by atoms with van der Waals surface area (Å²) in [6.45, 7) is 0.357. The minimum Gasteiger partial charge on any atom is -0.398 e. The van der Waals surface area contributed by atoms with E-state index in [-0.39, 0.29) is 11.6 Å². The van der Waals surface area contributed by atoms with Gasteiger partial charge in [-0.2, -0.15) is 0 Å². The van der Waals surface area contributed by atoms with Crippen LogP contribution in [0.25, 0.3) is 10.9 Å². The Labute approximate surface area is 113 Å². The molecule has 0 radical (unpaired) electrons. The van der Waals surface area contributed by atoms with Crippen LogP contribution in [0, 0.1) is 0 Å². The van der Waals surface area contributed by atoms with Crippen molar-refractivity contribution in [3.8, 4) is 0 Å². The molecule has 0 aliphatic heterocycles. The standard InChI is InChI=1S/C13H15N3O2S/c1-19(18)7-6-15-13(17)12-8-10(14)9-4-2-3-5-11(9)16-12/h2-5,8H,6-7H2,1H3,(H2,14,16)(H,15,17). The van der Waals surface area contributed by atoms with Crippen LogP contribution in [0.15, 0.2) is 30.3 Å². The fourth-order valence-electron chi connectivity index (χ4n) is 1.72. The molecule has 1 unspecified atom stereocenters. The van der Waals surface area contributed by atoms with Gasteiger partial charge >= 0.3 is 0 Å². The maximum atomic E-state index is 11.9. The van der Waals surface area contributed by atoms with Gasteiger partial charge in [0.05, 0.1) is 5.52 Å². The predicted molar refractivity (Wildman–Crippen MR) is 77.4 cm³/mol. The first-order chi connectivity index (χ1) is 9.08. The first kappa shape index (κ1) is 13.5. The highest BCUT2D eigenvalue weighted by atomic mass is 32.2.